The van der Waals surface area contributed by atoms with Crippen molar-refractivity contribution in [1.82, 2.24) is 45.5 Å². The van der Waals surface area contributed by atoms with Crippen LogP contribution in [0.15, 0.2) is 106 Å². The van der Waals surface area contributed by atoms with E-state index in [1.54, 1.807) is 62.7 Å². The molecule has 0 saturated heterocycles. The zero-order valence-corrected chi connectivity index (χ0v) is 26.7. The zero-order chi connectivity index (χ0) is 34.2. The summed E-state index contributed by atoms with van der Waals surface area (Å²) < 4.78 is 4.98. The van der Waals surface area contributed by atoms with Crippen molar-refractivity contribution in [2.45, 2.75) is 40.5 Å². The molecule has 16 nitrogen and oxygen atoms in total. The molecular weight excluding hydrogens is 618 g/mol. The molecular formula is C32H33N11O5. The minimum atomic E-state index is -0.565. The third kappa shape index (κ3) is 7.72. The van der Waals surface area contributed by atoms with E-state index in [2.05, 4.69) is 41.9 Å². The van der Waals surface area contributed by atoms with Crippen LogP contribution in [-0.4, -0.2) is 82.1 Å². The van der Waals surface area contributed by atoms with Crippen LogP contribution in [0.3, 0.4) is 0 Å². The third-order valence-electron chi connectivity index (χ3n) is 7.23. The lowest BCUT2D eigenvalue weighted by Crippen LogP contribution is -2.34. The van der Waals surface area contributed by atoms with Crippen LogP contribution in [0, 0.1) is 13.8 Å². The number of rotatable bonds is 11. The average molecular weight is 652 g/mol. The molecule has 0 aromatic carbocycles. The van der Waals surface area contributed by atoms with Gasteiger partial charge in [0.05, 0.1) is 0 Å². The third-order valence-corrected chi connectivity index (χ3v) is 7.23. The molecule has 0 saturated carbocycles. The summed E-state index contributed by atoms with van der Waals surface area (Å²) in [6.45, 7) is 6.56. The molecule has 246 valence electrons. The molecule has 0 unspecified atom stereocenters. The minimum Gasteiger partial charge on any atom is -0.456 e. The number of hydrogen-bond acceptors (Lipinski definition) is 13. The molecule has 0 spiro atoms. The van der Waals surface area contributed by atoms with Crippen LogP contribution in [0.25, 0.3) is 0 Å². The molecule has 3 aliphatic rings. The van der Waals surface area contributed by atoms with Crippen LogP contribution in [0.5, 0.6) is 0 Å². The number of ether oxygens (including phenoxy) is 1. The van der Waals surface area contributed by atoms with Gasteiger partial charge in [0.1, 0.15) is 0 Å². The van der Waals surface area contributed by atoms with Gasteiger partial charge in [-0.3, -0.25) is 30.0 Å². The number of carbonyl (C=O) groups is 4. The van der Waals surface area contributed by atoms with Crippen molar-refractivity contribution in [2.24, 2.45) is 0 Å². The predicted molar refractivity (Wildman–Crippen MR) is 172 cm³/mol. The zero-order valence-electron chi connectivity index (χ0n) is 26.7. The van der Waals surface area contributed by atoms with E-state index in [0.29, 0.717) is 59.0 Å². The van der Waals surface area contributed by atoms with Gasteiger partial charge in [-0.25, -0.2) is 0 Å². The molecule has 48 heavy (non-hydrogen) atoms. The number of nitrogens with zero attached hydrogens (tertiary/aromatic N) is 9. The first-order valence-corrected chi connectivity index (χ1v) is 15.0. The summed E-state index contributed by atoms with van der Waals surface area (Å²) in [5.74, 6) is -0.548. The summed E-state index contributed by atoms with van der Waals surface area (Å²) in [4.78, 5) is 56.0. The molecule has 2 N–H and O–H groups in total. The monoisotopic (exact) mass is 651 g/mol. The number of aryl methyl sites for hydroxylation is 2. The summed E-state index contributed by atoms with van der Waals surface area (Å²) in [5.41, 5.74) is 9.29. The second-order valence-corrected chi connectivity index (χ2v) is 10.7. The molecule has 3 aliphatic carbocycles. The number of aromatic nitrogens is 8. The summed E-state index contributed by atoms with van der Waals surface area (Å²) >= 11 is 0. The first-order chi connectivity index (χ1) is 23.1. The Morgan fingerprint density at radius 3 is 1.92 bits per heavy atom. The number of hydrogen-bond donors (Lipinski definition) is 2. The number of carbonyl (C=O) groups excluding carboxylic acids is 4. The largest absolute Gasteiger partial charge is 0.456 e. The Bertz CT molecular complexity index is 1830. The fourth-order valence-electron chi connectivity index (χ4n) is 4.93. The molecule has 16 heteroatoms. The van der Waals surface area contributed by atoms with E-state index in [1.807, 2.05) is 13.0 Å². The average Bonchev–Trinajstić information content (AvgIpc) is 3.69. The van der Waals surface area contributed by atoms with Gasteiger partial charge in [0.15, 0.2) is 29.8 Å². The molecule has 0 radical (unpaired) electrons. The molecule has 1 amide bonds. The smallest absolute Gasteiger partial charge is 0.303 e. The highest BCUT2D eigenvalue weighted by atomic mass is 16.5. The van der Waals surface area contributed by atoms with Crippen molar-refractivity contribution in [3.05, 3.63) is 118 Å². The number of nitrogens with one attached hydrogen (secondary N) is 2. The number of amides is 1. The molecule has 0 fully saturated rings. The second-order valence-electron chi connectivity index (χ2n) is 10.7. The van der Waals surface area contributed by atoms with Crippen molar-refractivity contribution in [3.8, 4) is 0 Å². The topological polar surface area (TPSA) is 192 Å². The van der Waals surface area contributed by atoms with Gasteiger partial charge in [0.25, 0.3) is 5.91 Å². The van der Waals surface area contributed by atoms with Crippen molar-refractivity contribution in [1.29, 1.82) is 0 Å². The van der Waals surface area contributed by atoms with Crippen molar-refractivity contribution in [2.75, 3.05) is 24.0 Å². The van der Waals surface area contributed by atoms with E-state index in [4.69, 9.17) is 4.74 Å². The Kier molecular flexibility index (Phi) is 10.2. The van der Waals surface area contributed by atoms with Crippen LogP contribution in [-0.2, 0) is 23.9 Å². The highest BCUT2D eigenvalue weighted by Crippen LogP contribution is 2.35. The van der Waals surface area contributed by atoms with E-state index in [1.165, 1.54) is 33.6 Å². The van der Waals surface area contributed by atoms with Crippen LogP contribution in [0.4, 0.5) is 0 Å². The lowest BCUT2D eigenvalue weighted by Gasteiger charge is -2.27. The van der Waals surface area contributed by atoms with Gasteiger partial charge in [-0.15, -0.1) is 19.8 Å². The van der Waals surface area contributed by atoms with E-state index in [0.717, 1.165) is 0 Å². The fourth-order valence-corrected chi connectivity index (χ4v) is 4.93. The van der Waals surface area contributed by atoms with Gasteiger partial charge in [-0.1, -0.05) is 13.0 Å². The minimum absolute atomic E-state index is 0.270. The normalized spacial score (nSPS) is 17.3. The summed E-state index contributed by atoms with van der Waals surface area (Å²) in [5, 5.41) is 22.7. The van der Waals surface area contributed by atoms with Gasteiger partial charge < -0.3 is 9.64 Å². The Balaban J connectivity index is 1.62. The van der Waals surface area contributed by atoms with Gasteiger partial charge in [0, 0.05) is 48.3 Å². The Morgan fingerprint density at radius 2 is 1.44 bits per heavy atom. The summed E-state index contributed by atoms with van der Waals surface area (Å²) in [6, 6.07) is 0. The molecule has 0 aliphatic heterocycles. The first-order valence-electron chi connectivity index (χ1n) is 15.0. The Morgan fingerprint density at radius 1 is 0.875 bits per heavy atom. The standard InChI is InChI=1S/C32H33N11O5/c1-5-13-41(31(47)19-48-22(4)44)26-8-6-7-25(16-26)32(27-14-23(9-11-29(27)45)17-33-42-20(2)35-37-39-42)28-15-24(10-12-30(28)46)18-34-43-21(3)36-38-40-43/h6,8-12,14-18,33-34H,5,7,13,19H2,1-4H3/b23-17+,24-18+. The summed E-state index contributed by atoms with van der Waals surface area (Å²) in [6.07, 6.45) is 19.2. The quantitative estimate of drug-likeness (QED) is 0.335. The van der Waals surface area contributed by atoms with Crippen LogP contribution >= 0.6 is 0 Å². The maximum absolute atomic E-state index is 13.6. The SMILES string of the molecule is CCCN(C(=O)COC(C)=O)C1=CC(=C(C2=C/C(=C/Nn3nnnc3C)C=CC2=O)C2=C/C(=C/Nn3nnnc3C)C=CC2=O)CC=C1. The maximum atomic E-state index is 13.6. The number of ketones is 2. The van der Waals surface area contributed by atoms with E-state index < -0.39 is 18.5 Å². The molecule has 2 heterocycles. The molecule has 0 atom stereocenters. The lowest BCUT2D eigenvalue weighted by atomic mass is 9.81. The molecule has 2 aromatic rings. The van der Waals surface area contributed by atoms with Crippen LogP contribution in [0.2, 0.25) is 0 Å². The van der Waals surface area contributed by atoms with Crippen LogP contribution < -0.4 is 10.9 Å². The van der Waals surface area contributed by atoms with Crippen molar-refractivity contribution >= 4 is 23.4 Å². The van der Waals surface area contributed by atoms with Crippen LogP contribution in [0.1, 0.15) is 38.3 Å². The second kappa shape index (κ2) is 14.8. The van der Waals surface area contributed by atoms with E-state index in [9.17, 15) is 19.2 Å². The maximum Gasteiger partial charge on any atom is 0.303 e. The fraction of sp³-hybridized carbons (Fsp3) is 0.250. The summed E-state index contributed by atoms with van der Waals surface area (Å²) in [7, 11) is 0. The first kappa shape index (κ1) is 33.1. The van der Waals surface area contributed by atoms with E-state index >= 15 is 0 Å². The molecule has 0 bridgehead atoms. The van der Waals surface area contributed by atoms with Gasteiger partial charge in [0.2, 0.25) is 0 Å². The lowest BCUT2D eigenvalue weighted by molar-refractivity contribution is -0.149. The van der Waals surface area contributed by atoms with E-state index in [-0.39, 0.29) is 22.7 Å². The number of allylic oxidation sites excluding steroid dienone is 15. The van der Waals surface area contributed by atoms with Gasteiger partial charge in [-0.2, -0.15) is 0 Å². The number of esters is 1. The number of tetrazole rings is 2. The van der Waals surface area contributed by atoms with Gasteiger partial charge in [-0.05, 0) is 113 Å². The van der Waals surface area contributed by atoms with Crippen molar-refractivity contribution in [3.63, 3.8) is 0 Å². The predicted octanol–water partition coefficient (Wildman–Crippen LogP) is 1.90. The van der Waals surface area contributed by atoms with Crippen molar-refractivity contribution < 1.29 is 23.9 Å². The highest BCUT2D eigenvalue weighted by molar-refractivity contribution is 6.17. The highest BCUT2D eigenvalue weighted by Gasteiger charge is 2.28. The molecule has 2 aromatic heterocycles. The van der Waals surface area contributed by atoms with Gasteiger partial charge >= 0.3 is 5.97 Å². The Labute approximate surface area is 275 Å². The Hall–Kier alpha value is -6.32. The molecule has 5 rings (SSSR count).